The molecule has 1 aromatic rings. The molecule has 1 N–H and O–H groups in total. The zero-order valence-electron chi connectivity index (χ0n) is 17.7. The molecule has 1 atom stereocenters. The summed E-state index contributed by atoms with van der Waals surface area (Å²) >= 11 is 1.71. The normalized spacial score (nSPS) is 19.4. The predicted molar refractivity (Wildman–Crippen MR) is 118 cm³/mol. The Hall–Kier alpha value is -2.28. The van der Waals surface area contributed by atoms with E-state index in [1.807, 2.05) is 52.0 Å². The minimum atomic E-state index is -0.489. The number of allylic oxidation sites excluding steroid dienone is 1. The van der Waals surface area contributed by atoms with Crippen molar-refractivity contribution in [2.24, 2.45) is 10.4 Å². The Bertz CT molecular complexity index is 870. The number of hydrogen-bond donors (Lipinski definition) is 1. The summed E-state index contributed by atoms with van der Waals surface area (Å²) in [6.45, 7) is 10.5. The number of amides is 1. The van der Waals surface area contributed by atoms with E-state index in [1.54, 1.807) is 18.7 Å². The number of ether oxygens (including phenoxy) is 1. The van der Waals surface area contributed by atoms with E-state index in [1.165, 1.54) is 0 Å². The van der Waals surface area contributed by atoms with Gasteiger partial charge in [-0.3, -0.25) is 4.79 Å². The summed E-state index contributed by atoms with van der Waals surface area (Å²) in [5, 5.41) is 3.93. The molecule has 1 fully saturated rings. The van der Waals surface area contributed by atoms with Crippen LogP contribution in [0.3, 0.4) is 0 Å². The van der Waals surface area contributed by atoms with E-state index in [0.29, 0.717) is 17.9 Å². The van der Waals surface area contributed by atoms with Crippen LogP contribution in [0.2, 0.25) is 0 Å². The number of carbonyl (C=O) groups is 2. The molecular formula is C22H29N3O3S. The molecule has 0 bridgehead atoms. The van der Waals surface area contributed by atoms with E-state index in [-0.39, 0.29) is 17.9 Å². The van der Waals surface area contributed by atoms with Crippen molar-refractivity contribution in [2.45, 2.75) is 47.1 Å². The molecule has 0 saturated carbocycles. The zero-order valence-corrected chi connectivity index (χ0v) is 18.6. The maximum atomic E-state index is 12.8. The Morgan fingerprint density at radius 3 is 2.79 bits per heavy atom. The number of fused-ring (bicyclic) bond motifs is 1. The number of amidine groups is 1. The van der Waals surface area contributed by atoms with Gasteiger partial charge in [0.25, 0.3) is 0 Å². The first-order chi connectivity index (χ1) is 13.7. The van der Waals surface area contributed by atoms with Crippen LogP contribution in [0.5, 0.6) is 0 Å². The van der Waals surface area contributed by atoms with Crippen molar-refractivity contribution in [3.05, 3.63) is 41.1 Å². The highest BCUT2D eigenvalue weighted by atomic mass is 32.2. The van der Waals surface area contributed by atoms with Crippen molar-refractivity contribution in [3.8, 4) is 0 Å². The van der Waals surface area contributed by atoms with Gasteiger partial charge in [0.2, 0.25) is 5.91 Å². The molecule has 0 radical (unpaired) electrons. The van der Waals surface area contributed by atoms with Crippen LogP contribution in [0.15, 0.2) is 40.5 Å². The fourth-order valence-corrected chi connectivity index (χ4v) is 4.41. The van der Waals surface area contributed by atoms with Crippen LogP contribution in [-0.2, 0) is 14.3 Å². The van der Waals surface area contributed by atoms with Crippen molar-refractivity contribution >= 4 is 34.5 Å². The monoisotopic (exact) mass is 415 g/mol. The Morgan fingerprint density at radius 1 is 1.34 bits per heavy atom. The average molecular weight is 416 g/mol. The van der Waals surface area contributed by atoms with Crippen LogP contribution >= 0.6 is 11.8 Å². The lowest BCUT2D eigenvalue weighted by molar-refractivity contribution is -0.139. The molecule has 29 heavy (non-hydrogen) atoms. The van der Waals surface area contributed by atoms with Crippen LogP contribution in [0.1, 0.15) is 52.6 Å². The lowest BCUT2D eigenvalue weighted by Crippen LogP contribution is -2.42. The molecule has 0 aromatic heterocycles. The van der Waals surface area contributed by atoms with Gasteiger partial charge in [0.15, 0.2) is 5.17 Å². The van der Waals surface area contributed by atoms with Gasteiger partial charge in [-0.2, -0.15) is 0 Å². The van der Waals surface area contributed by atoms with E-state index in [4.69, 9.17) is 4.74 Å². The number of carbonyl (C=O) groups excluding carboxylic acids is 2. The van der Waals surface area contributed by atoms with Crippen molar-refractivity contribution in [3.63, 3.8) is 0 Å². The summed E-state index contributed by atoms with van der Waals surface area (Å²) in [5.41, 5.74) is 2.43. The lowest BCUT2D eigenvalue weighted by atomic mass is 9.93. The van der Waals surface area contributed by atoms with Crippen LogP contribution < -0.4 is 5.32 Å². The Balaban J connectivity index is 2.01. The van der Waals surface area contributed by atoms with Crippen LogP contribution in [0.25, 0.3) is 0 Å². The van der Waals surface area contributed by atoms with Gasteiger partial charge in [-0.25, -0.2) is 9.79 Å². The second kappa shape index (κ2) is 8.61. The highest BCUT2D eigenvalue weighted by Crippen LogP contribution is 2.40. The van der Waals surface area contributed by atoms with E-state index >= 15 is 0 Å². The van der Waals surface area contributed by atoms with E-state index in [0.717, 1.165) is 35.1 Å². The first-order valence-electron chi connectivity index (χ1n) is 9.99. The van der Waals surface area contributed by atoms with E-state index in [9.17, 15) is 9.59 Å². The van der Waals surface area contributed by atoms with Gasteiger partial charge >= 0.3 is 5.97 Å². The van der Waals surface area contributed by atoms with Gasteiger partial charge in [0.05, 0.1) is 23.9 Å². The molecule has 3 rings (SSSR count). The number of hydrogen-bond acceptors (Lipinski definition) is 6. The average Bonchev–Trinajstić information content (AvgIpc) is 2.66. The molecule has 6 nitrogen and oxygen atoms in total. The molecule has 156 valence electrons. The summed E-state index contributed by atoms with van der Waals surface area (Å²) < 4.78 is 5.35. The fraction of sp³-hybridized carbons (Fsp3) is 0.500. The number of nitrogens with one attached hydrogen (secondary N) is 1. The first-order valence-corrected chi connectivity index (χ1v) is 11.0. The maximum Gasteiger partial charge on any atom is 0.338 e. The third-order valence-electron chi connectivity index (χ3n) is 4.90. The molecular weight excluding hydrogens is 386 g/mol. The van der Waals surface area contributed by atoms with Crippen molar-refractivity contribution < 1.29 is 14.3 Å². The number of thioether (sulfide) groups is 1. The highest BCUT2D eigenvalue weighted by molar-refractivity contribution is 8.13. The first kappa shape index (κ1) is 21.4. The number of aliphatic imine (C=N–C) groups is 1. The number of benzene rings is 1. The molecule has 2 heterocycles. The molecule has 2 aliphatic rings. The SMILES string of the molecule is CCOC(=O)C1=C(C)N=C2SCCCN2[C@@H]1c1cccc(NC(=O)C(C)(C)C)c1. The number of nitrogens with zero attached hydrogens (tertiary/aromatic N) is 2. The summed E-state index contributed by atoms with van der Waals surface area (Å²) in [6, 6.07) is 7.45. The molecule has 0 spiro atoms. The molecule has 1 aromatic carbocycles. The summed E-state index contributed by atoms with van der Waals surface area (Å²) in [7, 11) is 0. The molecule has 1 amide bonds. The van der Waals surface area contributed by atoms with Crippen LogP contribution in [0, 0.1) is 5.41 Å². The maximum absolute atomic E-state index is 12.8. The van der Waals surface area contributed by atoms with Crippen molar-refractivity contribution in [1.29, 1.82) is 0 Å². The standard InChI is InChI=1S/C22H29N3O3S/c1-6-28-19(26)17-14(2)23-21-25(11-8-12-29-21)18(17)15-9-7-10-16(13-15)24-20(27)22(3,4)5/h7,9-10,13,18H,6,8,11-12H2,1-5H3,(H,24,27)/t18-/m1/s1. The number of anilines is 1. The predicted octanol–water partition coefficient (Wildman–Crippen LogP) is 4.36. The summed E-state index contributed by atoms with van der Waals surface area (Å²) in [4.78, 5) is 32.1. The van der Waals surface area contributed by atoms with E-state index in [2.05, 4.69) is 15.2 Å². The number of esters is 1. The molecule has 7 heteroatoms. The minimum absolute atomic E-state index is 0.0496. The second-order valence-corrected chi connectivity index (χ2v) is 9.30. The Morgan fingerprint density at radius 2 is 2.10 bits per heavy atom. The third-order valence-corrected chi connectivity index (χ3v) is 5.97. The van der Waals surface area contributed by atoms with Crippen molar-refractivity contribution in [2.75, 3.05) is 24.2 Å². The minimum Gasteiger partial charge on any atom is -0.463 e. The van der Waals surface area contributed by atoms with Gasteiger partial charge in [-0.1, -0.05) is 44.7 Å². The molecule has 1 saturated heterocycles. The third kappa shape index (κ3) is 4.66. The van der Waals surface area contributed by atoms with Crippen LogP contribution in [-0.4, -0.2) is 40.8 Å². The summed E-state index contributed by atoms with van der Waals surface area (Å²) in [6.07, 6.45) is 1.02. The summed E-state index contributed by atoms with van der Waals surface area (Å²) in [5.74, 6) is 0.634. The highest BCUT2D eigenvalue weighted by Gasteiger charge is 2.38. The zero-order chi connectivity index (χ0) is 21.2. The molecule has 0 aliphatic carbocycles. The topological polar surface area (TPSA) is 71.0 Å². The Kier molecular flexibility index (Phi) is 6.36. The largest absolute Gasteiger partial charge is 0.463 e. The van der Waals surface area contributed by atoms with Gasteiger partial charge in [-0.15, -0.1) is 0 Å². The van der Waals surface area contributed by atoms with Gasteiger partial charge in [0, 0.05) is 23.4 Å². The fourth-order valence-electron chi connectivity index (χ4n) is 3.39. The second-order valence-electron chi connectivity index (χ2n) is 8.24. The van der Waals surface area contributed by atoms with Gasteiger partial charge in [-0.05, 0) is 38.0 Å². The molecule has 0 unspecified atom stereocenters. The number of rotatable bonds is 4. The quantitative estimate of drug-likeness (QED) is 0.740. The lowest BCUT2D eigenvalue weighted by Gasteiger charge is -2.40. The van der Waals surface area contributed by atoms with Gasteiger partial charge in [0.1, 0.15) is 0 Å². The van der Waals surface area contributed by atoms with Gasteiger partial charge < -0.3 is 15.0 Å². The Labute approximate surface area is 176 Å². The van der Waals surface area contributed by atoms with Crippen molar-refractivity contribution in [1.82, 2.24) is 4.90 Å². The molecule has 2 aliphatic heterocycles. The van der Waals surface area contributed by atoms with Crippen LogP contribution in [0.4, 0.5) is 5.69 Å². The van der Waals surface area contributed by atoms with E-state index < -0.39 is 5.41 Å². The smallest absolute Gasteiger partial charge is 0.338 e.